The number of carbonyl (C=O) groups excluding carboxylic acids is 5. The van der Waals surface area contributed by atoms with Crippen LogP contribution in [-0.2, 0) is 15.0 Å². The summed E-state index contributed by atoms with van der Waals surface area (Å²) in [6, 6.07) is 2.97. The third kappa shape index (κ3) is 4.48. The lowest BCUT2D eigenvalue weighted by molar-refractivity contribution is -0.126. The molecule has 1 aromatic carbocycles. The van der Waals surface area contributed by atoms with E-state index in [4.69, 9.17) is 0 Å². The van der Waals surface area contributed by atoms with Crippen LogP contribution in [0.5, 0.6) is 0 Å². The fourth-order valence-electron chi connectivity index (χ4n) is 5.41. The van der Waals surface area contributed by atoms with Crippen molar-refractivity contribution in [1.82, 2.24) is 5.32 Å². The van der Waals surface area contributed by atoms with E-state index in [1.807, 2.05) is 13.0 Å². The van der Waals surface area contributed by atoms with Crippen LogP contribution in [0, 0.1) is 5.92 Å². The zero-order valence-corrected chi connectivity index (χ0v) is 21.2. The quantitative estimate of drug-likeness (QED) is 0.269. The van der Waals surface area contributed by atoms with Crippen LogP contribution in [0.3, 0.4) is 0 Å². The van der Waals surface area contributed by atoms with Gasteiger partial charge in [-0.1, -0.05) is 30.2 Å². The molecule has 1 unspecified atom stereocenters. The van der Waals surface area contributed by atoms with Crippen LogP contribution >= 0.6 is 0 Å². The Morgan fingerprint density at radius 2 is 1.64 bits per heavy atom. The van der Waals surface area contributed by atoms with Gasteiger partial charge in [-0.05, 0) is 69.9 Å². The molecule has 0 heterocycles. The zero-order valence-electron chi connectivity index (χ0n) is 21.2. The summed E-state index contributed by atoms with van der Waals surface area (Å²) in [5.74, 6) is -3.14. The van der Waals surface area contributed by atoms with Gasteiger partial charge in [0.15, 0.2) is 17.3 Å². The first kappa shape index (κ1) is 25.4. The minimum atomic E-state index is -0.933. The molecule has 186 valence electrons. The minimum Gasteiger partial charge on any atom is -0.387 e. The molecule has 0 aliphatic heterocycles. The van der Waals surface area contributed by atoms with Gasteiger partial charge in [0, 0.05) is 46.8 Å². The standard InChI is InChI=1S/C30H31NO5/c1-17(2)6-5-7-18(3)11-13-31-16-22-26(34)10-12-30(4)23-15-20-19(24(32)8-9-25(20)33)14-21(23)28(35)29(36)27(22)30/h6,8-9,11,14-16,27,31H,5,7,10,12-13H2,1-4H3/b18-11+,22-16+/t27?,30-/m0/s1. The van der Waals surface area contributed by atoms with Crippen LogP contribution in [0.4, 0.5) is 0 Å². The van der Waals surface area contributed by atoms with Gasteiger partial charge in [0.25, 0.3) is 0 Å². The molecule has 0 amide bonds. The molecule has 0 radical (unpaired) electrons. The summed E-state index contributed by atoms with van der Waals surface area (Å²) in [6.07, 6.45) is 10.7. The van der Waals surface area contributed by atoms with E-state index in [-0.39, 0.29) is 40.5 Å². The van der Waals surface area contributed by atoms with Crippen LogP contribution in [0.15, 0.2) is 59.4 Å². The summed E-state index contributed by atoms with van der Waals surface area (Å²) in [7, 11) is 0. The normalized spacial score (nSPS) is 24.4. The predicted octanol–water partition coefficient (Wildman–Crippen LogP) is 4.79. The topological polar surface area (TPSA) is 97.4 Å². The second kappa shape index (κ2) is 9.76. The summed E-state index contributed by atoms with van der Waals surface area (Å²) >= 11 is 0. The zero-order chi connectivity index (χ0) is 26.2. The van der Waals surface area contributed by atoms with Crippen LogP contribution in [0.1, 0.15) is 90.0 Å². The van der Waals surface area contributed by atoms with Gasteiger partial charge >= 0.3 is 0 Å². The van der Waals surface area contributed by atoms with Crippen molar-refractivity contribution in [2.75, 3.05) is 6.54 Å². The van der Waals surface area contributed by atoms with E-state index >= 15 is 0 Å². The predicted molar refractivity (Wildman–Crippen MR) is 137 cm³/mol. The Balaban J connectivity index is 1.65. The second-order valence-electron chi connectivity index (χ2n) is 10.4. The number of carbonyl (C=O) groups is 5. The van der Waals surface area contributed by atoms with Crippen LogP contribution in [-0.4, -0.2) is 35.5 Å². The third-order valence-electron chi connectivity index (χ3n) is 7.48. The van der Waals surface area contributed by atoms with Crippen LogP contribution < -0.4 is 5.32 Å². The van der Waals surface area contributed by atoms with Crippen molar-refractivity contribution in [1.29, 1.82) is 0 Å². The van der Waals surface area contributed by atoms with Crippen molar-refractivity contribution in [3.05, 3.63) is 81.6 Å². The Kier molecular flexibility index (Phi) is 6.90. The maximum atomic E-state index is 13.4. The third-order valence-corrected chi connectivity index (χ3v) is 7.48. The van der Waals surface area contributed by atoms with Gasteiger partial charge in [0.2, 0.25) is 11.6 Å². The highest BCUT2D eigenvalue weighted by molar-refractivity contribution is 6.47. The van der Waals surface area contributed by atoms with E-state index in [9.17, 15) is 24.0 Å². The van der Waals surface area contributed by atoms with Crippen LogP contribution in [0.2, 0.25) is 0 Å². The van der Waals surface area contributed by atoms with Crippen molar-refractivity contribution < 1.29 is 24.0 Å². The number of rotatable bonds is 6. The van der Waals surface area contributed by atoms with E-state index in [2.05, 4.69) is 32.2 Å². The van der Waals surface area contributed by atoms with E-state index in [1.54, 1.807) is 12.3 Å². The fourth-order valence-corrected chi connectivity index (χ4v) is 5.41. The van der Waals surface area contributed by atoms with Crippen molar-refractivity contribution in [2.24, 2.45) is 5.92 Å². The molecule has 3 aliphatic carbocycles. The SMILES string of the molecule is CC(C)=CCC/C(C)=C/CN/C=C1\C(=O)CC[C@@]2(C)c3cc4c(cc3C(=O)C(=O)C12)C(=O)C=CC4=O. The summed E-state index contributed by atoms with van der Waals surface area (Å²) < 4.78 is 0. The highest BCUT2D eigenvalue weighted by Crippen LogP contribution is 2.50. The fraction of sp³-hybridized carbons (Fsp3) is 0.367. The highest BCUT2D eigenvalue weighted by atomic mass is 16.2. The van der Waals surface area contributed by atoms with Gasteiger partial charge in [-0.3, -0.25) is 24.0 Å². The number of nitrogens with one attached hydrogen (secondary N) is 1. The van der Waals surface area contributed by atoms with Crippen molar-refractivity contribution >= 4 is 28.9 Å². The van der Waals surface area contributed by atoms with Crippen molar-refractivity contribution in [3.8, 4) is 0 Å². The monoisotopic (exact) mass is 485 g/mol. The van der Waals surface area contributed by atoms with E-state index in [0.29, 0.717) is 24.1 Å². The smallest absolute Gasteiger partial charge is 0.229 e. The molecule has 1 saturated carbocycles. The molecule has 1 N–H and O–H groups in total. The second-order valence-corrected chi connectivity index (χ2v) is 10.4. The molecule has 36 heavy (non-hydrogen) atoms. The minimum absolute atomic E-state index is 0.139. The average Bonchev–Trinajstić information content (AvgIpc) is 2.83. The number of allylic oxidation sites excluding steroid dienone is 6. The average molecular weight is 486 g/mol. The molecule has 0 saturated heterocycles. The number of Topliss-reactive ketones (excluding diaryl/α,β-unsaturated/α-hetero) is 3. The largest absolute Gasteiger partial charge is 0.387 e. The molecule has 0 spiro atoms. The number of fused-ring (bicyclic) bond motifs is 4. The first-order valence-electron chi connectivity index (χ1n) is 12.3. The van der Waals surface area contributed by atoms with Gasteiger partial charge in [-0.2, -0.15) is 0 Å². The lowest BCUT2D eigenvalue weighted by Crippen LogP contribution is -2.51. The number of ketones is 5. The van der Waals surface area contributed by atoms with Crippen LogP contribution in [0.25, 0.3) is 0 Å². The molecule has 4 rings (SSSR count). The van der Waals surface area contributed by atoms with E-state index < -0.39 is 22.9 Å². The molecule has 1 aromatic rings. The van der Waals surface area contributed by atoms with Crippen molar-refractivity contribution in [2.45, 2.75) is 58.8 Å². The summed E-state index contributed by atoms with van der Waals surface area (Å²) in [6.45, 7) is 8.56. The maximum absolute atomic E-state index is 13.4. The number of benzene rings is 1. The van der Waals surface area contributed by atoms with Crippen molar-refractivity contribution in [3.63, 3.8) is 0 Å². The Morgan fingerprint density at radius 3 is 2.31 bits per heavy atom. The molecule has 6 heteroatoms. The number of hydrogen-bond acceptors (Lipinski definition) is 6. The lowest BCUT2D eigenvalue weighted by atomic mass is 9.55. The van der Waals surface area contributed by atoms with Gasteiger partial charge in [0.05, 0.1) is 5.92 Å². The highest BCUT2D eigenvalue weighted by Gasteiger charge is 2.54. The Hall–Kier alpha value is -3.67. The van der Waals surface area contributed by atoms with Gasteiger partial charge in [-0.15, -0.1) is 0 Å². The Labute approximate surface area is 211 Å². The maximum Gasteiger partial charge on any atom is 0.229 e. The molecule has 3 aliphatic rings. The summed E-state index contributed by atoms with van der Waals surface area (Å²) in [4.78, 5) is 64.3. The molecule has 6 nitrogen and oxygen atoms in total. The Bertz CT molecular complexity index is 1320. The molecule has 2 atom stereocenters. The molecule has 0 aromatic heterocycles. The van der Waals surface area contributed by atoms with E-state index in [1.165, 1.54) is 29.4 Å². The van der Waals surface area contributed by atoms with Gasteiger partial charge < -0.3 is 5.32 Å². The van der Waals surface area contributed by atoms with Gasteiger partial charge in [0.1, 0.15) is 0 Å². The lowest BCUT2D eigenvalue weighted by Gasteiger charge is -2.45. The molecule has 0 bridgehead atoms. The Morgan fingerprint density at radius 1 is 0.972 bits per heavy atom. The molecular weight excluding hydrogens is 454 g/mol. The molecule has 1 fully saturated rings. The molecular formula is C30H31NO5. The van der Waals surface area contributed by atoms with Gasteiger partial charge in [-0.25, -0.2) is 0 Å². The number of hydrogen-bond donors (Lipinski definition) is 1. The first-order valence-corrected chi connectivity index (χ1v) is 12.3. The summed E-state index contributed by atoms with van der Waals surface area (Å²) in [5.41, 5.74) is 3.05. The summed E-state index contributed by atoms with van der Waals surface area (Å²) in [5, 5.41) is 3.14. The van der Waals surface area contributed by atoms with E-state index in [0.717, 1.165) is 12.8 Å². The first-order chi connectivity index (χ1) is 17.0.